The quantitative estimate of drug-likeness (QED) is 0.223. The van der Waals surface area contributed by atoms with Crippen LogP contribution in [0.1, 0.15) is 60.3 Å². The highest BCUT2D eigenvalue weighted by atomic mass is 16.5. The van der Waals surface area contributed by atoms with Crippen LogP contribution in [0.5, 0.6) is 0 Å². The van der Waals surface area contributed by atoms with Gasteiger partial charge >= 0.3 is 0 Å². The Hall–Kier alpha value is -2.26. The van der Waals surface area contributed by atoms with E-state index in [1.165, 1.54) is 12.2 Å². The van der Waals surface area contributed by atoms with Crippen molar-refractivity contribution in [3.8, 4) is 0 Å². The zero-order valence-electron chi connectivity index (χ0n) is 18.5. The fourth-order valence-electron chi connectivity index (χ4n) is 2.45. The lowest BCUT2D eigenvalue weighted by molar-refractivity contribution is -0.135. The van der Waals surface area contributed by atoms with Crippen LogP contribution in [0.25, 0.3) is 0 Å². The summed E-state index contributed by atoms with van der Waals surface area (Å²) in [4.78, 5) is 47.3. The van der Waals surface area contributed by atoms with Crippen LogP contribution in [-0.4, -0.2) is 60.4 Å². The number of hydrazine groups is 1. The Morgan fingerprint density at radius 3 is 2.24 bits per heavy atom. The molecule has 0 rings (SSSR count). The summed E-state index contributed by atoms with van der Waals surface area (Å²) in [6.07, 6.45) is 4.74. The van der Waals surface area contributed by atoms with Gasteiger partial charge in [0.2, 0.25) is 18.2 Å². The largest absolute Gasteiger partial charge is 0.375 e. The minimum absolute atomic E-state index is 0.0206. The van der Waals surface area contributed by atoms with Crippen molar-refractivity contribution in [2.75, 3.05) is 20.2 Å². The van der Waals surface area contributed by atoms with Gasteiger partial charge in [-0.05, 0) is 53.5 Å². The fourth-order valence-corrected chi connectivity index (χ4v) is 2.45. The van der Waals surface area contributed by atoms with Crippen LogP contribution < -0.4 is 16.2 Å². The maximum atomic E-state index is 12.2. The van der Waals surface area contributed by atoms with Crippen LogP contribution >= 0.6 is 0 Å². The van der Waals surface area contributed by atoms with E-state index in [1.54, 1.807) is 14.0 Å². The van der Waals surface area contributed by atoms with Crippen molar-refractivity contribution in [2.24, 2.45) is 0 Å². The molecule has 166 valence electrons. The highest BCUT2D eigenvalue weighted by Crippen LogP contribution is 2.19. The van der Waals surface area contributed by atoms with Gasteiger partial charge in [0.1, 0.15) is 0 Å². The predicted molar refractivity (Wildman–Crippen MR) is 111 cm³/mol. The summed E-state index contributed by atoms with van der Waals surface area (Å²) >= 11 is 0. The third kappa shape index (κ3) is 12.7. The molecule has 0 atom stereocenters. The van der Waals surface area contributed by atoms with E-state index in [1.807, 2.05) is 27.7 Å². The Morgan fingerprint density at radius 2 is 1.69 bits per heavy atom. The van der Waals surface area contributed by atoms with E-state index in [0.29, 0.717) is 32.3 Å². The number of hydrogen-bond acceptors (Lipinski definition) is 6. The number of rotatable bonds is 14. The van der Waals surface area contributed by atoms with Crippen LogP contribution in [0.4, 0.5) is 0 Å². The lowest BCUT2D eigenvalue weighted by atomic mass is 9.99. The monoisotopic (exact) mass is 412 g/mol. The third-order valence-corrected chi connectivity index (χ3v) is 4.22. The average molecular weight is 413 g/mol. The zero-order valence-corrected chi connectivity index (χ0v) is 18.5. The normalized spacial score (nSPS) is 11.9. The molecule has 4 amide bonds. The lowest BCUT2D eigenvalue weighted by Crippen LogP contribution is -2.46. The van der Waals surface area contributed by atoms with Gasteiger partial charge in [0.05, 0.1) is 5.60 Å². The molecule has 0 saturated heterocycles. The molecule has 29 heavy (non-hydrogen) atoms. The van der Waals surface area contributed by atoms with Crippen molar-refractivity contribution in [3.05, 3.63) is 12.2 Å². The van der Waals surface area contributed by atoms with E-state index < -0.39 is 17.0 Å². The molecule has 9 heteroatoms. The van der Waals surface area contributed by atoms with Gasteiger partial charge in [-0.3, -0.25) is 29.5 Å². The van der Waals surface area contributed by atoms with Crippen molar-refractivity contribution in [2.45, 2.75) is 71.4 Å². The summed E-state index contributed by atoms with van der Waals surface area (Å²) in [6, 6.07) is 0. The van der Waals surface area contributed by atoms with Crippen molar-refractivity contribution in [1.82, 2.24) is 21.1 Å². The van der Waals surface area contributed by atoms with Crippen LogP contribution in [0.15, 0.2) is 12.2 Å². The number of nitrogens with one attached hydrogen (secondary N) is 3. The number of carbonyl (C=O) groups excluding carboxylic acids is 4. The number of nitrogens with zero attached hydrogens (tertiary/aromatic N) is 1. The molecule has 0 saturated carbocycles. The first-order valence-corrected chi connectivity index (χ1v) is 9.75. The second-order valence-electron chi connectivity index (χ2n) is 7.98. The molecule has 0 unspecified atom stereocenters. The Kier molecular flexibility index (Phi) is 12.0. The standard InChI is InChI=1S/C20H36N4O5/c1-7-8-18(28)24(15-25)13-10-16(26)22-19(2,3)12-14-29-20(4,5)11-9-17(27)23-21-6/h7-8,15,21H,9-14H2,1-6H3,(H,22,26)(H,23,27)/b8-7-. The molecule has 0 bridgehead atoms. The number of carbonyl (C=O) groups is 4. The van der Waals surface area contributed by atoms with Crippen molar-refractivity contribution >= 4 is 24.1 Å². The molecular weight excluding hydrogens is 376 g/mol. The first kappa shape index (κ1) is 26.7. The molecular formula is C20H36N4O5. The second-order valence-corrected chi connectivity index (χ2v) is 7.98. The van der Waals surface area contributed by atoms with E-state index in [-0.39, 0.29) is 24.8 Å². The molecule has 0 aliphatic heterocycles. The first-order valence-electron chi connectivity index (χ1n) is 9.75. The SMILES string of the molecule is C/C=C\C(=O)N(C=O)CCC(=O)NC(C)(C)CCOC(C)(C)CCC(=O)NNC. The molecule has 0 aromatic rings. The lowest BCUT2D eigenvalue weighted by Gasteiger charge is -2.30. The molecule has 9 nitrogen and oxygen atoms in total. The van der Waals surface area contributed by atoms with E-state index >= 15 is 0 Å². The molecule has 0 fully saturated rings. The molecule has 0 aromatic heterocycles. The van der Waals surface area contributed by atoms with Crippen molar-refractivity contribution in [3.63, 3.8) is 0 Å². The van der Waals surface area contributed by atoms with Gasteiger partial charge in [0, 0.05) is 38.6 Å². The molecule has 3 N–H and O–H groups in total. The predicted octanol–water partition coefficient (Wildman–Crippen LogP) is 1.05. The first-order chi connectivity index (χ1) is 13.5. The number of ether oxygens (including phenoxy) is 1. The maximum Gasteiger partial charge on any atom is 0.252 e. The van der Waals surface area contributed by atoms with E-state index in [0.717, 1.165) is 4.90 Å². The average Bonchev–Trinajstić information content (AvgIpc) is 2.60. The Balaban J connectivity index is 4.36. The van der Waals surface area contributed by atoms with Crippen LogP contribution in [0.3, 0.4) is 0 Å². The molecule has 0 heterocycles. The maximum absolute atomic E-state index is 12.2. The van der Waals surface area contributed by atoms with Gasteiger partial charge in [-0.15, -0.1) is 0 Å². The number of imide groups is 1. The van der Waals surface area contributed by atoms with Gasteiger partial charge in [-0.1, -0.05) is 6.08 Å². The second kappa shape index (κ2) is 13.1. The molecule has 0 aliphatic rings. The van der Waals surface area contributed by atoms with Crippen molar-refractivity contribution < 1.29 is 23.9 Å². The number of allylic oxidation sites excluding steroid dienone is 1. The summed E-state index contributed by atoms with van der Waals surface area (Å²) in [5.74, 6) is -0.805. The Bertz CT molecular complexity index is 587. The summed E-state index contributed by atoms with van der Waals surface area (Å²) in [6.45, 7) is 9.70. The molecule has 0 radical (unpaired) electrons. The van der Waals surface area contributed by atoms with E-state index in [4.69, 9.17) is 4.74 Å². The molecule has 0 aliphatic carbocycles. The van der Waals surface area contributed by atoms with Gasteiger partial charge in [0.15, 0.2) is 0 Å². The van der Waals surface area contributed by atoms with Crippen LogP contribution in [-0.2, 0) is 23.9 Å². The molecule has 0 aromatic carbocycles. The Labute approximate surface area is 173 Å². The van der Waals surface area contributed by atoms with Gasteiger partial charge in [-0.2, -0.15) is 0 Å². The van der Waals surface area contributed by atoms with Crippen LogP contribution in [0.2, 0.25) is 0 Å². The fraction of sp³-hybridized carbons (Fsp3) is 0.700. The molecule has 0 spiro atoms. The summed E-state index contributed by atoms with van der Waals surface area (Å²) < 4.78 is 5.89. The third-order valence-electron chi connectivity index (χ3n) is 4.22. The van der Waals surface area contributed by atoms with Gasteiger partial charge in [-0.25, -0.2) is 5.43 Å². The summed E-state index contributed by atoms with van der Waals surface area (Å²) in [7, 11) is 1.63. The van der Waals surface area contributed by atoms with Gasteiger partial charge in [0.25, 0.3) is 5.91 Å². The highest BCUT2D eigenvalue weighted by Gasteiger charge is 2.24. The smallest absolute Gasteiger partial charge is 0.252 e. The topological polar surface area (TPSA) is 117 Å². The minimum atomic E-state index is -0.518. The summed E-state index contributed by atoms with van der Waals surface area (Å²) in [5, 5.41) is 2.90. The minimum Gasteiger partial charge on any atom is -0.375 e. The van der Waals surface area contributed by atoms with Gasteiger partial charge < -0.3 is 10.1 Å². The van der Waals surface area contributed by atoms with Crippen LogP contribution in [0, 0.1) is 0 Å². The number of hydrogen-bond donors (Lipinski definition) is 3. The highest BCUT2D eigenvalue weighted by molar-refractivity contribution is 5.94. The van der Waals surface area contributed by atoms with E-state index in [9.17, 15) is 19.2 Å². The van der Waals surface area contributed by atoms with E-state index in [2.05, 4.69) is 16.2 Å². The number of amides is 4. The van der Waals surface area contributed by atoms with Crippen molar-refractivity contribution in [1.29, 1.82) is 0 Å². The Morgan fingerprint density at radius 1 is 1.03 bits per heavy atom. The summed E-state index contributed by atoms with van der Waals surface area (Å²) in [5.41, 5.74) is 4.12. The zero-order chi connectivity index (χ0) is 22.5.